The van der Waals surface area contributed by atoms with Crippen molar-refractivity contribution in [1.82, 2.24) is 0 Å². The highest BCUT2D eigenvalue weighted by Crippen LogP contribution is 2.20. The van der Waals surface area contributed by atoms with E-state index in [1.165, 1.54) is 12.1 Å². The Hall–Kier alpha value is -2.04. The summed E-state index contributed by atoms with van der Waals surface area (Å²) in [6, 6.07) is 11.8. The van der Waals surface area contributed by atoms with E-state index >= 15 is 0 Å². The van der Waals surface area contributed by atoms with E-state index in [9.17, 15) is 4.79 Å². The third-order valence-electron chi connectivity index (χ3n) is 2.45. The zero-order valence-corrected chi connectivity index (χ0v) is 11.7. The lowest BCUT2D eigenvalue weighted by molar-refractivity contribution is 0.0697. The third-order valence-corrected chi connectivity index (χ3v) is 3.02. The Balaban J connectivity index is 2.11. The van der Waals surface area contributed by atoms with Crippen molar-refractivity contribution in [3.05, 3.63) is 63.6 Å². The molecule has 0 bridgehead atoms. The summed E-state index contributed by atoms with van der Waals surface area (Å²) in [7, 11) is 0. The summed E-state index contributed by atoms with van der Waals surface area (Å²) in [5.41, 5.74) is 4.13. The highest BCUT2D eigenvalue weighted by molar-refractivity contribution is 6.33. The molecular weight excluding hydrogens is 299 g/mol. The molecule has 6 heteroatoms. The summed E-state index contributed by atoms with van der Waals surface area (Å²) in [6.45, 7) is 0. The quantitative estimate of drug-likeness (QED) is 0.659. The number of halogens is 2. The van der Waals surface area contributed by atoms with Crippen LogP contribution < -0.4 is 5.43 Å². The van der Waals surface area contributed by atoms with Crippen LogP contribution in [-0.4, -0.2) is 17.3 Å². The molecule has 20 heavy (non-hydrogen) atoms. The maximum atomic E-state index is 10.9. The van der Waals surface area contributed by atoms with Crippen LogP contribution in [-0.2, 0) is 0 Å². The fourth-order valence-corrected chi connectivity index (χ4v) is 1.92. The average Bonchev–Trinajstić information content (AvgIpc) is 2.40. The van der Waals surface area contributed by atoms with Gasteiger partial charge in [-0.3, -0.25) is 5.43 Å². The van der Waals surface area contributed by atoms with Crippen LogP contribution in [0.2, 0.25) is 10.0 Å². The van der Waals surface area contributed by atoms with Crippen LogP contribution in [0.4, 0.5) is 5.69 Å². The van der Waals surface area contributed by atoms with E-state index in [1.807, 2.05) is 12.1 Å². The molecule has 2 aromatic carbocycles. The molecule has 0 radical (unpaired) electrons. The van der Waals surface area contributed by atoms with Gasteiger partial charge in [-0.25, -0.2) is 4.79 Å². The molecule has 0 aliphatic carbocycles. The van der Waals surface area contributed by atoms with Crippen LogP contribution in [0.15, 0.2) is 47.6 Å². The number of hydrazone groups is 1. The number of carbonyl (C=O) groups is 1. The zero-order valence-electron chi connectivity index (χ0n) is 10.2. The van der Waals surface area contributed by atoms with Crippen molar-refractivity contribution in [1.29, 1.82) is 0 Å². The van der Waals surface area contributed by atoms with Crippen LogP contribution in [0.3, 0.4) is 0 Å². The number of nitrogens with zero attached hydrogens (tertiary/aromatic N) is 1. The van der Waals surface area contributed by atoms with E-state index in [4.69, 9.17) is 28.3 Å². The number of anilines is 1. The summed E-state index contributed by atoms with van der Waals surface area (Å²) in [5.74, 6) is -1.09. The molecule has 0 atom stereocenters. The largest absolute Gasteiger partial charge is 0.478 e. The van der Waals surface area contributed by atoms with Gasteiger partial charge in [-0.15, -0.1) is 0 Å². The molecule has 0 spiro atoms. The Morgan fingerprint density at radius 1 is 1.20 bits per heavy atom. The number of benzene rings is 2. The minimum atomic E-state index is -1.09. The van der Waals surface area contributed by atoms with Crippen LogP contribution in [0.1, 0.15) is 15.9 Å². The van der Waals surface area contributed by atoms with Crippen LogP contribution in [0.25, 0.3) is 0 Å². The second kappa shape index (κ2) is 6.41. The fourth-order valence-electron chi connectivity index (χ4n) is 1.53. The monoisotopic (exact) mass is 308 g/mol. The van der Waals surface area contributed by atoms with Gasteiger partial charge in [-0.1, -0.05) is 35.3 Å². The van der Waals surface area contributed by atoms with Gasteiger partial charge in [0.2, 0.25) is 0 Å². The molecule has 2 rings (SSSR count). The molecule has 0 aliphatic rings. The first-order valence-corrected chi connectivity index (χ1v) is 6.39. The van der Waals surface area contributed by atoms with Gasteiger partial charge in [0.15, 0.2) is 0 Å². The lowest BCUT2D eigenvalue weighted by Gasteiger charge is -2.03. The molecule has 0 aromatic heterocycles. The van der Waals surface area contributed by atoms with Gasteiger partial charge in [-0.2, -0.15) is 5.10 Å². The number of hydrogen-bond acceptors (Lipinski definition) is 3. The highest BCUT2D eigenvalue weighted by Gasteiger charge is 2.08. The molecule has 0 fully saturated rings. The van der Waals surface area contributed by atoms with E-state index in [0.29, 0.717) is 10.7 Å². The number of carboxylic acid groups (broad SMARTS) is 1. The number of aromatic carboxylic acids is 1. The Bertz CT molecular complexity index is 672. The molecule has 0 unspecified atom stereocenters. The summed E-state index contributed by atoms with van der Waals surface area (Å²) >= 11 is 11.6. The molecule has 0 heterocycles. The lowest BCUT2D eigenvalue weighted by atomic mass is 10.2. The number of carboxylic acids is 1. The predicted molar refractivity (Wildman–Crippen MR) is 81.1 cm³/mol. The van der Waals surface area contributed by atoms with E-state index in [0.717, 1.165) is 5.56 Å². The van der Waals surface area contributed by atoms with Gasteiger partial charge in [0, 0.05) is 5.02 Å². The Kier molecular flexibility index (Phi) is 4.61. The van der Waals surface area contributed by atoms with E-state index < -0.39 is 5.97 Å². The SMILES string of the molecule is O=C(O)c1cc(N/N=C/c2cccc(Cl)c2)ccc1Cl. The summed E-state index contributed by atoms with van der Waals surface area (Å²) < 4.78 is 0. The van der Waals surface area contributed by atoms with Crippen molar-refractivity contribution in [2.24, 2.45) is 5.10 Å². The smallest absolute Gasteiger partial charge is 0.337 e. The molecular formula is C14H10Cl2N2O2. The van der Waals surface area contributed by atoms with Gasteiger partial charge in [0.1, 0.15) is 0 Å². The first-order valence-electron chi connectivity index (χ1n) is 5.64. The van der Waals surface area contributed by atoms with Gasteiger partial charge in [-0.05, 0) is 35.9 Å². The van der Waals surface area contributed by atoms with Crippen molar-refractivity contribution in [3.8, 4) is 0 Å². The second-order valence-corrected chi connectivity index (χ2v) is 4.77. The Morgan fingerprint density at radius 2 is 2.00 bits per heavy atom. The fraction of sp³-hybridized carbons (Fsp3) is 0. The first-order chi connectivity index (χ1) is 9.56. The topological polar surface area (TPSA) is 61.7 Å². The molecule has 0 saturated heterocycles. The maximum absolute atomic E-state index is 10.9. The molecule has 4 nitrogen and oxygen atoms in total. The van der Waals surface area contributed by atoms with Gasteiger partial charge in [0.25, 0.3) is 0 Å². The zero-order chi connectivity index (χ0) is 14.5. The van der Waals surface area contributed by atoms with Gasteiger partial charge >= 0.3 is 5.97 Å². The summed E-state index contributed by atoms with van der Waals surface area (Å²) in [4.78, 5) is 10.9. The standard InChI is InChI=1S/C14H10Cl2N2O2/c15-10-3-1-2-9(6-10)8-17-18-11-4-5-13(16)12(7-11)14(19)20/h1-8,18H,(H,19,20)/b17-8+. The Morgan fingerprint density at radius 3 is 2.70 bits per heavy atom. The number of rotatable bonds is 4. The average molecular weight is 309 g/mol. The normalized spacial score (nSPS) is 10.7. The molecule has 2 N–H and O–H groups in total. The van der Waals surface area contributed by atoms with Crippen molar-refractivity contribution in [2.45, 2.75) is 0 Å². The minimum Gasteiger partial charge on any atom is -0.478 e. The van der Waals surface area contributed by atoms with E-state index in [-0.39, 0.29) is 10.6 Å². The van der Waals surface area contributed by atoms with Gasteiger partial charge in [0.05, 0.1) is 22.5 Å². The van der Waals surface area contributed by atoms with Crippen molar-refractivity contribution >= 4 is 41.1 Å². The Labute approximate surface area is 125 Å². The second-order valence-electron chi connectivity index (χ2n) is 3.92. The first kappa shape index (κ1) is 14.4. The predicted octanol–water partition coefficient (Wildman–Crippen LogP) is 4.14. The highest BCUT2D eigenvalue weighted by atomic mass is 35.5. The van der Waals surface area contributed by atoms with Crippen LogP contribution in [0, 0.1) is 0 Å². The van der Waals surface area contributed by atoms with Gasteiger partial charge < -0.3 is 5.11 Å². The number of hydrogen-bond donors (Lipinski definition) is 2. The van der Waals surface area contributed by atoms with Crippen molar-refractivity contribution in [3.63, 3.8) is 0 Å². The molecule has 2 aromatic rings. The van der Waals surface area contributed by atoms with Crippen molar-refractivity contribution in [2.75, 3.05) is 5.43 Å². The van der Waals surface area contributed by atoms with E-state index in [2.05, 4.69) is 10.5 Å². The number of nitrogens with one attached hydrogen (secondary N) is 1. The molecule has 0 saturated carbocycles. The van der Waals surface area contributed by atoms with E-state index in [1.54, 1.807) is 24.4 Å². The summed E-state index contributed by atoms with van der Waals surface area (Å²) in [5, 5.41) is 13.8. The minimum absolute atomic E-state index is 0.0228. The lowest BCUT2D eigenvalue weighted by Crippen LogP contribution is -1.99. The molecule has 102 valence electrons. The molecule has 0 amide bonds. The van der Waals surface area contributed by atoms with Crippen molar-refractivity contribution < 1.29 is 9.90 Å². The molecule has 0 aliphatic heterocycles. The third kappa shape index (κ3) is 3.73. The van der Waals surface area contributed by atoms with Crippen LogP contribution >= 0.6 is 23.2 Å². The van der Waals surface area contributed by atoms with Crippen LogP contribution in [0.5, 0.6) is 0 Å². The maximum Gasteiger partial charge on any atom is 0.337 e. The summed E-state index contributed by atoms with van der Waals surface area (Å²) in [6.07, 6.45) is 1.58.